The number of fused-ring (bicyclic) bond motifs is 1. The lowest BCUT2D eigenvalue weighted by Crippen LogP contribution is -2.30. The molecule has 0 aliphatic heterocycles. The van der Waals surface area contributed by atoms with Gasteiger partial charge in [-0.1, -0.05) is 37.3 Å². The van der Waals surface area contributed by atoms with Crippen molar-refractivity contribution in [1.29, 1.82) is 0 Å². The zero-order valence-electron chi connectivity index (χ0n) is 14.9. The summed E-state index contributed by atoms with van der Waals surface area (Å²) in [6.07, 6.45) is 1.75. The summed E-state index contributed by atoms with van der Waals surface area (Å²) in [7, 11) is -3.28. The molecule has 0 spiro atoms. The first-order valence-corrected chi connectivity index (χ1v) is 10.3. The molecule has 1 aromatic heterocycles. The number of aromatic amines is 1. The lowest BCUT2D eigenvalue weighted by atomic mass is 10.0. The van der Waals surface area contributed by atoms with E-state index in [4.69, 9.17) is 0 Å². The van der Waals surface area contributed by atoms with E-state index in [-0.39, 0.29) is 22.2 Å². The average Bonchev–Trinajstić information content (AvgIpc) is 2.66. The van der Waals surface area contributed by atoms with Gasteiger partial charge in [-0.25, -0.2) is 13.5 Å². The molecule has 7 nitrogen and oxygen atoms in total. The van der Waals surface area contributed by atoms with E-state index in [0.717, 1.165) is 11.8 Å². The lowest BCUT2D eigenvalue weighted by Gasteiger charge is -2.18. The number of nitrogens with zero attached hydrogens (tertiary/aromatic N) is 1. The molecule has 1 unspecified atom stereocenters. The van der Waals surface area contributed by atoms with Crippen LogP contribution in [0.1, 0.15) is 35.4 Å². The Labute approximate surface area is 156 Å². The number of nitrogens with one attached hydrogen (secondary N) is 2. The molecule has 8 heteroatoms. The van der Waals surface area contributed by atoms with E-state index in [0.29, 0.717) is 17.2 Å². The van der Waals surface area contributed by atoms with Gasteiger partial charge < -0.3 is 5.32 Å². The third-order valence-electron chi connectivity index (χ3n) is 4.34. The van der Waals surface area contributed by atoms with Gasteiger partial charge in [0, 0.05) is 11.6 Å². The van der Waals surface area contributed by atoms with Crippen molar-refractivity contribution >= 4 is 26.5 Å². The summed E-state index contributed by atoms with van der Waals surface area (Å²) in [6, 6.07) is 12.9. The maximum Gasteiger partial charge on any atom is 0.272 e. The molecule has 2 aromatic carbocycles. The molecule has 1 heterocycles. The van der Waals surface area contributed by atoms with Gasteiger partial charge in [0.2, 0.25) is 0 Å². The fraction of sp³-hybridized carbons (Fsp3) is 0.211. The summed E-state index contributed by atoms with van der Waals surface area (Å²) in [6.45, 7) is 1.91. The normalized spacial score (nSPS) is 12.7. The highest BCUT2D eigenvalue weighted by Gasteiger charge is 2.19. The van der Waals surface area contributed by atoms with Crippen LogP contribution in [-0.2, 0) is 9.84 Å². The molecule has 3 rings (SSSR count). The maximum atomic E-state index is 12.7. The van der Waals surface area contributed by atoms with Crippen LogP contribution in [0.3, 0.4) is 0 Å². The molecule has 0 aliphatic rings. The van der Waals surface area contributed by atoms with E-state index in [1.54, 1.807) is 36.4 Å². The van der Waals surface area contributed by atoms with Gasteiger partial charge in [-0.15, -0.1) is 0 Å². The number of aromatic nitrogens is 2. The summed E-state index contributed by atoms with van der Waals surface area (Å²) in [5.41, 5.74) is 0.564. The van der Waals surface area contributed by atoms with Gasteiger partial charge in [0.25, 0.3) is 11.5 Å². The molecule has 0 saturated heterocycles. The zero-order valence-corrected chi connectivity index (χ0v) is 15.7. The molecule has 0 bridgehead atoms. The molecule has 0 saturated carbocycles. The highest BCUT2D eigenvalue weighted by Crippen LogP contribution is 2.20. The van der Waals surface area contributed by atoms with Gasteiger partial charge in [-0.3, -0.25) is 9.59 Å². The first-order chi connectivity index (χ1) is 12.8. The quantitative estimate of drug-likeness (QED) is 0.700. The van der Waals surface area contributed by atoms with Crippen LogP contribution in [0, 0.1) is 0 Å². The predicted molar refractivity (Wildman–Crippen MR) is 102 cm³/mol. The number of rotatable bonds is 5. The van der Waals surface area contributed by atoms with Crippen LogP contribution < -0.4 is 10.9 Å². The zero-order chi connectivity index (χ0) is 19.6. The Bertz CT molecular complexity index is 1150. The molecule has 0 fully saturated rings. The second-order valence-electron chi connectivity index (χ2n) is 6.22. The molecular weight excluding hydrogens is 366 g/mol. The predicted octanol–water partition coefficient (Wildman–Crippen LogP) is 2.21. The second kappa shape index (κ2) is 7.32. The Morgan fingerprint density at radius 2 is 1.74 bits per heavy atom. The van der Waals surface area contributed by atoms with Crippen LogP contribution in [0.5, 0.6) is 0 Å². The number of H-pyrrole nitrogens is 1. The van der Waals surface area contributed by atoms with Crippen molar-refractivity contribution in [3.63, 3.8) is 0 Å². The molecule has 0 aliphatic carbocycles. The Morgan fingerprint density at radius 1 is 1.11 bits per heavy atom. The van der Waals surface area contributed by atoms with Gasteiger partial charge in [0.15, 0.2) is 15.5 Å². The van der Waals surface area contributed by atoms with Crippen LogP contribution in [-0.4, -0.2) is 30.8 Å². The fourth-order valence-electron chi connectivity index (χ4n) is 2.88. The van der Waals surface area contributed by atoms with Crippen LogP contribution >= 0.6 is 0 Å². The monoisotopic (exact) mass is 385 g/mol. The van der Waals surface area contributed by atoms with Crippen LogP contribution in [0.15, 0.2) is 58.2 Å². The number of sulfone groups is 1. The van der Waals surface area contributed by atoms with Crippen LogP contribution in [0.2, 0.25) is 0 Å². The number of carbonyl (C=O) groups is 1. The first-order valence-electron chi connectivity index (χ1n) is 8.39. The molecule has 140 valence electrons. The number of hydrogen-bond donors (Lipinski definition) is 2. The van der Waals surface area contributed by atoms with E-state index in [1.165, 1.54) is 12.1 Å². The molecular formula is C19H19N3O4S. The number of benzene rings is 2. The third-order valence-corrected chi connectivity index (χ3v) is 5.46. The first kappa shape index (κ1) is 18.8. The minimum Gasteiger partial charge on any atom is -0.344 e. The minimum absolute atomic E-state index is 0.136. The highest BCUT2D eigenvalue weighted by molar-refractivity contribution is 7.90. The lowest BCUT2D eigenvalue weighted by molar-refractivity contribution is 0.0931. The standard InChI is InChI=1S/C19H19N3O4S/c1-3-16(12-8-10-13(11-9-12)27(2,25)26)20-19(24)17-14-6-4-5-7-15(14)18(23)22-21-17/h4-11,16H,3H2,1-2H3,(H,20,24)(H,22,23). The minimum atomic E-state index is -3.28. The van der Waals surface area contributed by atoms with Gasteiger partial charge in [-0.2, -0.15) is 5.10 Å². The van der Waals surface area contributed by atoms with Gasteiger partial charge in [0.05, 0.1) is 16.3 Å². The maximum absolute atomic E-state index is 12.7. The Balaban J connectivity index is 1.90. The van der Waals surface area contributed by atoms with Crippen LogP contribution in [0.4, 0.5) is 0 Å². The van der Waals surface area contributed by atoms with E-state index < -0.39 is 15.7 Å². The van der Waals surface area contributed by atoms with Crippen molar-refractivity contribution in [3.05, 3.63) is 70.1 Å². The van der Waals surface area contributed by atoms with Gasteiger partial charge in [0.1, 0.15) is 0 Å². The summed E-state index contributed by atoms with van der Waals surface area (Å²) in [5, 5.41) is 10.0. The molecule has 1 atom stereocenters. The Hall–Kier alpha value is -3.00. The summed E-state index contributed by atoms with van der Waals surface area (Å²) in [5.74, 6) is -0.415. The molecule has 27 heavy (non-hydrogen) atoms. The van der Waals surface area contributed by atoms with E-state index in [2.05, 4.69) is 15.5 Å². The van der Waals surface area contributed by atoms with E-state index in [9.17, 15) is 18.0 Å². The van der Waals surface area contributed by atoms with Crippen molar-refractivity contribution in [1.82, 2.24) is 15.5 Å². The second-order valence-corrected chi connectivity index (χ2v) is 8.24. The van der Waals surface area contributed by atoms with Crippen LogP contribution in [0.25, 0.3) is 10.8 Å². The van der Waals surface area contributed by atoms with Crippen molar-refractivity contribution in [3.8, 4) is 0 Å². The van der Waals surface area contributed by atoms with Crippen molar-refractivity contribution < 1.29 is 13.2 Å². The third kappa shape index (κ3) is 3.90. The number of amides is 1. The average molecular weight is 385 g/mol. The molecule has 3 aromatic rings. The Morgan fingerprint density at radius 3 is 2.33 bits per heavy atom. The van der Waals surface area contributed by atoms with Crippen molar-refractivity contribution in [2.24, 2.45) is 0 Å². The summed E-state index contributed by atoms with van der Waals surface area (Å²) >= 11 is 0. The summed E-state index contributed by atoms with van der Waals surface area (Å²) in [4.78, 5) is 24.8. The van der Waals surface area contributed by atoms with Gasteiger partial charge >= 0.3 is 0 Å². The van der Waals surface area contributed by atoms with Gasteiger partial charge in [-0.05, 0) is 30.2 Å². The van der Waals surface area contributed by atoms with E-state index >= 15 is 0 Å². The van der Waals surface area contributed by atoms with E-state index in [1.807, 2.05) is 6.92 Å². The van der Waals surface area contributed by atoms with Crippen molar-refractivity contribution in [2.45, 2.75) is 24.3 Å². The molecule has 1 amide bonds. The largest absolute Gasteiger partial charge is 0.344 e. The summed E-state index contributed by atoms with van der Waals surface area (Å²) < 4.78 is 23.2. The molecule has 2 N–H and O–H groups in total. The Kier molecular flexibility index (Phi) is 5.09. The molecule has 0 radical (unpaired) electrons. The highest BCUT2D eigenvalue weighted by atomic mass is 32.2. The smallest absolute Gasteiger partial charge is 0.272 e. The SMILES string of the molecule is CCC(NC(=O)c1n[nH]c(=O)c2ccccc12)c1ccc(S(C)(=O)=O)cc1. The number of hydrogen-bond acceptors (Lipinski definition) is 5. The van der Waals surface area contributed by atoms with Crippen molar-refractivity contribution in [2.75, 3.05) is 6.26 Å². The number of carbonyl (C=O) groups excluding carboxylic acids is 1. The topological polar surface area (TPSA) is 109 Å². The fourth-order valence-corrected chi connectivity index (χ4v) is 3.51.